The topological polar surface area (TPSA) is 38.7 Å². The molecule has 0 aliphatic rings. The summed E-state index contributed by atoms with van der Waals surface area (Å²) in [5.74, 6) is 1.66. The zero-order valence-electron chi connectivity index (χ0n) is 11.9. The van der Waals surface area contributed by atoms with Gasteiger partial charge in [-0.3, -0.25) is 4.98 Å². The molecule has 0 unspecified atom stereocenters. The fourth-order valence-electron chi connectivity index (χ4n) is 1.85. The van der Waals surface area contributed by atoms with E-state index in [4.69, 9.17) is 4.98 Å². The number of hydrogen-bond acceptors (Lipinski definition) is 5. The van der Waals surface area contributed by atoms with Crippen molar-refractivity contribution < 1.29 is 0 Å². The minimum absolute atomic E-state index is 0.832. The quantitative estimate of drug-likeness (QED) is 0.626. The van der Waals surface area contributed by atoms with Gasteiger partial charge in [-0.05, 0) is 36.4 Å². The Morgan fingerprint density at radius 3 is 1.64 bits per heavy atom. The monoisotopic (exact) mass is 325 g/mol. The molecule has 0 N–H and O–H groups in total. The van der Waals surface area contributed by atoms with E-state index in [9.17, 15) is 0 Å². The lowest BCUT2D eigenvalue weighted by Gasteiger charge is -2.04. The summed E-state index contributed by atoms with van der Waals surface area (Å²) in [5, 5.41) is 2.05. The third-order valence-electron chi connectivity index (χ3n) is 2.88. The molecule has 0 fully saturated rings. The van der Waals surface area contributed by atoms with Crippen molar-refractivity contribution in [1.29, 1.82) is 0 Å². The zero-order valence-corrected chi connectivity index (χ0v) is 13.6. The van der Waals surface area contributed by atoms with Crippen LogP contribution in [-0.4, -0.2) is 15.0 Å². The van der Waals surface area contributed by atoms with Gasteiger partial charge < -0.3 is 0 Å². The molecule has 0 spiro atoms. The van der Waals surface area contributed by atoms with Gasteiger partial charge in [0.1, 0.15) is 0 Å². The van der Waals surface area contributed by atoms with Crippen LogP contribution in [0.5, 0.6) is 0 Å². The fraction of sp³-hybridized carbons (Fsp3) is 0.118. The highest BCUT2D eigenvalue weighted by Gasteiger charge is 2.02. The molecule has 0 aliphatic heterocycles. The molecule has 3 rings (SSSR count). The van der Waals surface area contributed by atoms with Crippen LogP contribution in [0.3, 0.4) is 0 Å². The van der Waals surface area contributed by atoms with Gasteiger partial charge in [0.25, 0.3) is 0 Å². The van der Waals surface area contributed by atoms with Gasteiger partial charge in [0.2, 0.25) is 0 Å². The van der Waals surface area contributed by atoms with Gasteiger partial charge in [0, 0.05) is 23.9 Å². The maximum Gasteiger partial charge on any atom is 0.0963 e. The molecule has 0 aliphatic carbocycles. The van der Waals surface area contributed by atoms with Crippen LogP contribution in [0.2, 0.25) is 0 Å². The summed E-state index contributed by atoms with van der Waals surface area (Å²) in [5.41, 5.74) is 2.16. The van der Waals surface area contributed by atoms with E-state index in [1.165, 1.54) is 0 Å². The molecule has 3 aromatic rings. The first kappa shape index (κ1) is 15.1. The molecule has 0 atom stereocenters. The molecule has 0 saturated carbocycles. The Kier molecular flexibility index (Phi) is 5.45. The Hall–Kier alpha value is -1.85. The molecule has 0 aromatic carbocycles. The van der Waals surface area contributed by atoms with Crippen LogP contribution in [0.1, 0.15) is 11.4 Å². The fourth-order valence-corrected chi connectivity index (χ4v) is 3.38. The van der Waals surface area contributed by atoms with Gasteiger partial charge in [0.05, 0.1) is 21.4 Å². The summed E-state index contributed by atoms with van der Waals surface area (Å²) in [4.78, 5) is 13.3. The summed E-state index contributed by atoms with van der Waals surface area (Å²) in [6.07, 6.45) is 3.63. The molecule has 110 valence electrons. The number of thioether (sulfide) groups is 2. The SMILES string of the molecule is c1ccc(SCc2cccc(CSc3ccccn3)n2)nc1. The Morgan fingerprint density at radius 1 is 0.636 bits per heavy atom. The van der Waals surface area contributed by atoms with Gasteiger partial charge in [-0.15, -0.1) is 23.5 Å². The molecule has 5 heteroatoms. The smallest absolute Gasteiger partial charge is 0.0963 e. The predicted octanol–water partition coefficient (Wildman–Crippen LogP) is 4.46. The largest absolute Gasteiger partial charge is 0.256 e. The summed E-state index contributed by atoms with van der Waals surface area (Å²) >= 11 is 3.41. The van der Waals surface area contributed by atoms with E-state index in [0.717, 1.165) is 32.9 Å². The van der Waals surface area contributed by atoms with Crippen molar-refractivity contribution in [2.24, 2.45) is 0 Å². The Morgan fingerprint density at radius 2 is 1.18 bits per heavy atom. The van der Waals surface area contributed by atoms with Crippen LogP contribution in [0.4, 0.5) is 0 Å². The summed E-state index contributed by atoms with van der Waals surface area (Å²) in [6.45, 7) is 0. The van der Waals surface area contributed by atoms with Crippen molar-refractivity contribution >= 4 is 23.5 Å². The number of hydrogen-bond donors (Lipinski definition) is 0. The lowest BCUT2D eigenvalue weighted by molar-refractivity contribution is 1.07. The van der Waals surface area contributed by atoms with Crippen molar-refractivity contribution in [2.45, 2.75) is 21.6 Å². The molecule has 0 saturated heterocycles. The first-order chi connectivity index (χ1) is 10.9. The van der Waals surface area contributed by atoms with E-state index in [1.54, 1.807) is 23.5 Å². The van der Waals surface area contributed by atoms with Crippen LogP contribution >= 0.6 is 23.5 Å². The van der Waals surface area contributed by atoms with Crippen molar-refractivity contribution in [3.05, 3.63) is 78.4 Å². The molecule has 3 nitrogen and oxygen atoms in total. The lowest BCUT2D eigenvalue weighted by atomic mass is 10.3. The molecule has 0 amide bonds. The molecule has 3 heterocycles. The minimum Gasteiger partial charge on any atom is -0.256 e. The standard InChI is InChI=1S/C17H15N3S2/c1-3-10-18-16(8-1)21-12-14-6-5-7-15(20-14)13-22-17-9-2-4-11-19-17/h1-11H,12-13H2. The van der Waals surface area contributed by atoms with Crippen molar-refractivity contribution in [3.8, 4) is 0 Å². The zero-order chi connectivity index (χ0) is 15.0. The van der Waals surface area contributed by atoms with Gasteiger partial charge in [-0.2, -0.15) is 0 Å². The molecule has 0 bridgehead atoms. The maximum absolute atomic E-state index is 4.71. The van der Waals surface area contributed by atoms with E-state index in [2.05, 4.69) is 28.2 Å². The summed E-state index contributed by atoms with van der Waals surface area (Å²) in [6, 6.07) is 18.1. The van der Waals surface area contributed by atoms with E-state index in [0.29, 0.717) is 0 Å². The second-order valence-corrected chi connectivity index (χ2v) is 6.52. The Bertz CT molecular complexity index is 647. The number of nitrogens with zero attached hydrogens (tertiary/aromatic N) is 3. The highest BCUT2D eigenvalue weighted by molar-refractivity contribution is 7.98. The first-order valence-corrected chi connectivity index (χ1v) is 8.90. The third kappa shape index (κ3) is 4.58. The lowest BCUT2D eigenvalue weighted by Crippen LogP contribution is -1.93. The Balaban J connectivity index is 1.58. The van der Waals surface area contributed by atoms with Gasteiger partial charge in [-0.1, -0.05) is 18.2 Å². The van der Waals surface area contributed by atoms with E-state index < -0.39 is 0 Å². The average molecular weight is 325 g/mol. The Labute approximate surface area is 138 Å². The van der Waals surface area contributed by atoms with Crippen molar-refractivity contribution in [2.75, 3.05) is 0 Å². The summed E-state index contributed by atoms with van der Waals surface area (Å²) < 4.78 is 0. The predicted molar refractivity (Wildman–Crippen MR) is 91.8 cm³/mol. The number of pyridine rings is 3. The molecule has 22 heavy (non-hydrogen) atoms. The molecular formula is C17H15N3S2. The van der Waals surface area contributed by atoms with Crippen LogP contribution in [-0.2, 0) is 11.5 Å². The third-order valence-corrected chi connectivity index (χ3v) is 4.83. The van der Waals surface area contributed by atoms with E-state index in [-0.39, 0.29) is 0 Å². The average Bonchev–Trinajstić information content (AvgIpc) is 2.60. The van der Waals surface area contributed by atoms with Crippen LogP contribution < -0.4 is 0 Å². The van der Waals surface area contributed by atoms with Gasteiger partial charge in [0.15, 0.2) is 0 Å². The van der Waals surface area contributed by atoms with Crippen LogP contribution in [0, 0.1) is 0 Å². The molecule has 3 aromatic heterocycles. The second kappa shape index (κ2) is 7.96. The van der Waals surface area contributed by atoms with E-state index >= 15 is 0 Å². The number of aromatic nitrogens is 3. The van der Waals surface area contributed by atoms with E-state index in [1.807, 2.05) is 48.8 Å². The summed E-state index contributed by atoms with van der Waals surface area (Å²) in [7, 11) is 0. The van der Waals surface area contributed by atoms with Crippen molar-refractivity contribution in [1.82, 2.24) is 15.0 Å². The first-order valence-electron chi connectivity index (χ1n) is 6.92. The molecule has 0 radical (unpaired) electrons. The van der Waals surface area contributed by atoms with Gasteiger partial charge in [-0.25, -0.2) is 9.97 Å². The maximum atomic E-state index is 4.71. The minimum atomic E-state index is 0.832. The van der Waals surface area contributed by atoms with Crippen molar-refractivity contribution in [3.63, 3.8) is 0 Å². The highest BCUT2D eigenvalue weighted by atomic mass is 32.2. The van der Waals surface area contributed by atoms with Crippen LogP contribution in [0.15, 0.2) is 77.0 Å². The molecular weight excluding hydrogens is 310 g/mol. The second-order valence-electron chi connectivity index (χ2n) is 4.53. The van der Waals surface area contributed by atoms with Gasteiger partial charge >= 0.3 is 0 Å². The number of rotatable bonds is 6. The normalized spacial score (nSPS) is 10.5. The van der Waals surface area contributed by atoms with Crippen LogP contribution in [0.25, 0.3) is 0 Å². The highest BCUT2D eigenvalue weighted by Crippen LogP contribution is 2.22.